The van der Waals surface area contributed by atoms with Crippen LogP contribution in [0.5, 0.6) is 0 Å². The summed E-state index contributed by atoms with van der Waals surface area (Å²) in [7, 11) is 1.61. The van der Waals surface area contributed by atoms with Crippen molar-refractivity contribution >= 4 is 40.7 Å². The molecule has 0 radical (unpaired) electrons. The number of anilines is 1. The lowest BCUT2D eigenvalue weighted by molar-refractivity contribution is 0.0947. The number of aromatic nitrogens is 1. The van der Waals surface area contributed by atoms with E-state index in [1.807, 2.05) is 18.2 Å². The van der Waals surface area contributed by atoms with Crippen molar-refractivity contribution in [3.8, 4) is 11.3 Å². The van der Waals surface area contributed by atoms with E-state index in [2.05, 4.69) is 15.6 Å². The summed E-state index contributed by atoms with van der Waals surface area (Å²) in [4.78, 5) is 29.2. The highest BCUT2D eigenvalue weighted by atomic mass is 35.5. The summed E-state index contributed by atoms with van der Waals surface area (Å²) in [5, 5.41) is 6.29. The molecule has 3 rings (SSSR count). The number of benzene rings is 2. The lowest BCUT2D eigenvalue weighted by Crippen LogP contribution is -2.25. The third-order valence-electron chi connectivity index (χ3n) is 4.45. The highest BCUT2D eigenvalue weighted by Crippen LogP contribution is 2.29. The predicted octanol–water partition coefficient (Wildman–Crippen LogP) is 5.07. The maximum absolute atomic E-state index is 12.7. The SMILES string of the molecule is COCCCNC(=O)c1ccc(C(=O)Nc2ccc(Cl)c(-c3ccccn3)c2)c(Cl)c1. The van der Waals surface area contributed by atoms with E-state index in [4.69, 9.17) is 27.9 Å². The summed E-state index contributed by atoms with van der Waals surface area (Å²) in [6.07, 6.45) is 2.38. The van der Waals surface area contributed by atoms with Crippen LogP contribution in [0, 0.1) is 0 Å². The topological polar surface area (TPSA) is 80.3 Å². The first-order valence-corrected chi connectivity index (χ1v) is 10.3. The maximum atomic E-state index is 12.7. The van der Waals surface area contributed by atoms with Gasteiger partial charge in [-0.3, -0.25) is 14.6 Å². The third kappa shape index (κ3) is 6.04. The molecule has 31 heavy (non-hydrogen) atoms. The van der Waals surface area contributed by atoms with Crippen molar-refractivity contribution in [2.24, 2.45) is 0 Å². The molecule has 0 saturated heterocycles. The first kappa shape index (κ1) is 22.7. The van der Waals surface area contributed by atoms with Crippen LogP contribution < -0.4 is 10.6 Å². The molecule has 1 aromatic heterocycles. The number of methoxy groups -OCH3 is 1. The predicted molar refractivity (Wildman–Crippen MR) is 123 cm³/mol. The monoisotopic (exact) mass is 457 g/mol. The zero-order chi connectivity index (χ0) is 22.2. The number of nitrogens with zero attached hydrogens (tertiary/aromatic N) is 1. The molecule has 0 aliphatic rings. The van der Waals surface area contributed by atoms with Gasteiger partial charge in [-0.1, -0.05) is 29.3 Å². The van der Waals surface area contributed by atoms with Crippen molar-refractivity contribution in [2.45, 2.75) is 6.42 Å². The number of rotatable bonds is 8. The molecule has 0 aliphatic heterocycles. The highest BCUT2D eigenvalue weighted by molar-refractivity contribution is 6.35. The van der Waals surface area contributed by atoms with E-state index in [1.54, 1.807) is 37.6 Å². The van der Waals surface area contributed by atoms with Crippen LogP contribution in [0.3, 0.4) is 0 Å². The lowest BCUT2D eigenvalue weighted by atomic mass is 10.1. The molecule has 8 heteroatoms. The van der Waals surface area contributed by atoms with E-state index in [9.17, 15) is 9.59 Å². The van der Waals surface area contributed by atoms with E-state index >= 15 is 0 Å². The van der Waals surface area contributed by atoms with Crippen molar-refractivity contribution in [3.63, 3.8) is 0 Å². The van der Waals surface area contributed by atoms with Gasteiger partial charge >= 0.3 is 0 Å². The number of halogens is 2. The molecule has 6 nitrogen and oxygen atoms in total. The number of carbonyl (C=O) groups is 2. The van der Waals surface area contributed by atoms with Gasteiger partial charge < -0.3 is 15.4 Å². The molecule has 0 aliphatic carbocycles. The van der Waals surface area contributed by atoms with Gasteiger partial charge in [0.15, 0.2) is 0 Å². The third-order valence-corrected chi connectivity index (χ3v) is 5.09. The van der Waals surface area contributed by atoms with Crippen LogP contribution in [-0.2, 0) is 4.74 Å². The summed E-state index contributed by atoms with van der Waals surface area (Å²) >= 11 is 12.6. The fraction of sp³-hybridized carbons (Fsp3) is 0.174. The molecule has 0 fully saturated rings. The maximum Gasteiger partial charge on any atom is 0.257 e. The van der Waals surface area contributed by atoms with E-state index in [0.717, 1.165) is 0 Å². The Hall–Kier alpha value is -2.93. The van der Waals surface area contributed by atoms with Gasteiger partial charge in [-0.2, -0.15) is 0 Å². The summed E-state index contributed by atoms with van der Waals surface area (Å²) in [6.45, 7) is 1.05. The Kier molecular flexibility index (Phi) is 8.00. The second-order valence-corrected chi connectivity index (χ2v) is 7.48. The van der Waals surface area contributed by atoms with E-state index in [1.165, 1.54) is 12.1 Å². The van der Waals surface area contributed by atoms with Crippen molar-refractivity contribution in [1.82, 2.24) is 10.3 Å². The molecule has 2 N–H and O–H groups in total. The molecule has 3 aromatic rings. The molecule has 0 atom stereocenters. The van der Waals surface area contributed by atoms with Gasteiger partial charge in [0.25, 0.3) is 11.8 Å². The second-order valence-electron chi connectivity index (χ2n) is 6.66. The van der Waals surface area contributed by atoms with Crippen molar-refractivity contribution in [2.75, 3.05) is 25.6 Å². The fourth-order valence-electron chi connectivity index (χ4n) is 2.88. The van der Waals surface area contributed by atoms with Crippen LogP contribution in [0.25, 0.3) is 11.3 Å². The van der Waals surface area contributed by atoms with Gasteiger partial charge in [-0.15, -0.1) is 0 Å². The Morgan fingerprint density at radius 1 is 1.00 bits per heavy atom. The molecule has 2 aromatic carbocycles. The average Bonchev–Trinajstić information content (AvgIpc) is 2.78. The number of pyridine rings is 1. The van der Waals surface area contributed by atoms with Crippen LogP contribution in [0.1, 0.15) is 27.1 Å². The zero-order valence-electron chi connectivity index (χ0n) is 16.8. The fourth-order valence-corrected chi connectivity index (χ4v) is 3.36. The number of hydrogen-bond acceptors (Lipinski definition) is 4. The molecule has 2 amide bonds. The van der Waals surface area contributed by atoms with Gasteiger partial charge in [-0.25, -0.2) is 0 Å². The Labute approximate surface area is 190 Å². The van der Waals surface area contributed by atoms with E-state index in [0.29, 0.717) is 47.1 Å². The Morgan fingerprint density at radius 3 is 2.55 bits per heavy atom. The average molecular weight is 458 g/mol. The van der Waals surface area contributed by atoms with Gasteiger partial charge in [0.2, 0.25) is 0 Å². The number of ether oxygens (including phenoxy) is 1. The molecule has 1 heterocycles. The lowest BCUT2D eigenvalue weighted by Gasteiger charge is -2.11. The standard InChI is InChI=1S/C23H21Cl2N3O3/c1-31-12-4-11-27-22(29)15-6-8-17(20(25)13-15)23(30)28-16-7-9-19(24)18(14-16)21-5-2-3-10-26-21/h2-3,5-10,13-14H,4,11-12H2,1H3,(H,27,29)(H,28,30). The molecule has 0 saturated carbocycles. The zero-order valence-corrected chi connectivity index (χ0v) is 18.3. The van der Waals surface area contributed by atoms with Crippen LogP contribution >= 0.6 is 23.2 Å². The largest absolute Gasteiger partial charge is 0.385 e. The number of hydrogen-bond donors (Lipinski definition) is 2. The summed E-state index contributed by atoms with van der Waals surface area (Å²) in [5.74, 6) is -0.658. The van der Waals surface area contributed by atoms with Crippen molar-refractivity contribution in [1.29, 1.82) is 0 Å². The second kappa shape index (κ2) is 10.9. The Balaban J connectivity index is 1.72. The molecular formula is C23H21Cl2N3O3. The molecular weight excluding hydrogens is 437 g/mol. The first-order chi connectivity index (χ1) is 15.0. The molecule has 160 valence electrons. The summed E-state index contributed by atoms with van der Waals surface area (Å²) in [6, 6.07) is 15.2. The summed E-state index contributed by atoms with van der Waals surface area (Å²) in [5.41, 5.74) is 2.58. The van der Waals surface area contributed by atoms with Gasteiger partial charge in [0, 0.05) is 43.3 Å². The number of nitrogens with one attached hydrogen (secondary N) is 2. The minimum atomic E-state index is -0.397. The van der Waals surface area contributed by atoms with Crippen LogP contribution in [0.4, 0.5) is 5.69 Å². The van der Waals surface area contributed by atoms with Crippen LogP contribution in [-0.4, -0.2) is 37.1 Å². The molecule has 0 unspecified atom stereocenters. The van der Waals surface area contributed by atoms with E-state index < -0.39 is 5.91 Å². The van der Waals surface area contributed by atoms with Crippen LogP contribution in [0.2, 0.25) is 10.0 Å². The van der Waals surface area contributed by atoms with Crippen LogP contribution in [0.15, 0.2) is 60.8 Å². The van der Waals surface area contributed by atoms with Crippen molar-refractivity contribution < 1.29 is 14.3 Å². The molecule has 0 spiro atoms. The van der Waals surface area contributed by atoms with Gasteiger partial charge in [0.05, 0.1) is 21.3 Å². The van der Waals surface area contributed by atoms with E-state index in [-0.39, 0.29) is 16.5 Å². The first-order valence-electron chi connectivity index (χ1n) is 9.58. The summed E-state index contributed by atoms with van der Waals surface area (Å²) < 4.78 is 4.95. The molecule has 0 bridgehead atoms. The highest BCUT2D eigenvalue weighted by Gasteiger charge is 2.15. The van der Waals surface area contributed by atoms with Gasteiger partial charge in [0.1, 0.15) is 0 Å². The smallest absolute Gasteiger partial charge is 0.257 e. The Bertz CT molecular complexity index is 1070. The van der Waals surface area contributed by atoms with Crippen molar-refractivity contribution in [3.05, 3.63) is 82.0 Å². The number of amides is 2. The normalized spacial score (nSPS) is 10.5. The minimum absolute atomic E-state index is 0.181. The Morgan fingerprint density at radius 2 is 1.84 bits per heavy atom. The minimum Gasteiger partial charge on any atom is -0.385 e. The quantitative estimate of drug-likeness (QED) is 0.462. The number of carbonyl (C=O) groups excluding carboxylic acids is 2. The van der Waals surface area contributed by atoms with Gasteiger partial charge in [-0.05, 0) is 55.0 Å².